The molecule has 0 saturated carbocycles. The molecule has 1 aromatic rings. The van der Waals surface area contributed by atoms with Crippen LogP contribution in [0.15, 0.2) is 6.07 Å². The van der Waals surface area contributed by atoms with Gasteiger partial charge >= 0.3 is 12.1 Å². The molecule has 0 aliphatic carbocycles. The highest BCUT2D eigenvalue weighted by Crippen LogP contribution is 2.35. The first kappa shape index (κ1) is 18.9. The summed E-state index contributed by atoms with van der Waals surface area (Å²) in [6, 6.07) is 1.58. The minimum atomic E-state index is -4.22. The van der Waals surface area contributed by atoms with Crippen LogP contribution in [-0.2, 0) is 22.3 Å². The molecule has 1 atom stereocenters. The van der Waals surface area contributed by atoms with Gasteiger partial charge in [0.15, 0.2) is 0 Å². The van der Waals surface area contributed by atoms with E-state index in [4.69, 9.17) is 9.47 Å². The van der Waals surface area contributed by atoms with Crippen LogP contribution in [-0.4, -0.2) is 50.0 Å². The Balaban J connectivity index is 1.95. The number of hydrogen-bond acceptors (Lipinski definition) is 5. The quantitative estimate of drug-likeness (QED) is 0.763. The van der Waals surface area contributed by atoms with Crippen LogP contribution < -0.4 is 4.90 Å². The Bertz CT molecular complexity index is 664. The summed E-state index contributed by atoms with van der Waals surface area (Å²) >= 11 is 0. The third kappa shape index (κ3) is 4.11. The van der Waals surface area contributed by atoms with Crippen molar-refractivity contribution in [3.63, 3.8) is 0 Å². The van der Waals surface area contributed by atoms with Crippen LogP contribution in [0.4, 0.5) is 19.0 Å². The Hall–Kier alpha value is -1.83. The van der Waals surface area contributed by atoms with Crippen LogP contribution in [0.1, 0.15) is 41.4 Å². The van der Waals surface area contributed by atoms with Gasteiger partial charge in [0.25, 0.3) is 0 Å². The Labute approximate surface area is 150 Å². The highest BCUT2D eigenvalue weighted by molar-refractivity contribution is 5.92. The van der Waals surface area contributed by atoms with E-state index >= 15 is 0 Å². The Morgan fingerprint density at radius 1 is 1.38 bits per heavy atom. The van der Waals surface area contributed by atoms with Crippen molar-refractivity contribution < 1.29 is 27.4 Å². The van der Waals surface area contributed by atoms with E-state index in [-0.39, 0.29) is 19.6 Å². The van der Waals surface area contributed by atoms with Gasteiger partial charge in [-0.3, -0.25) is 0 Å². The summed E-state index contributed by atoms with van der Waals surface area (Å²) in [4.78, 5) is 18.6. The zero-order valence-corrected chi connectivity index (χ0v) is 14.8. The molecule has 8 heteroatoms. The molecular formula is C18H23F3N2O3. The number of pyridine rings is 1. The molecule has 3 heterocycles. The fourth-order valence-electron chi connectivity index (χ4n) is 3.55. The van der Waals surface area contributed by atoms with E-state index in [1.54, 1.807) is 17.9 Å². The number of piperidine rings is 1. The molecule has 0 spiro atoms. The van der Waals surface area contributed by atoms with Crippen LogP contribution >= 0.6 is 0 Å². The largest absolute Gasteiger partial charge is 0.462 e. The second kappa shape index (κ2) is 7.82. The first-order valence-electron chi connectivity index (χ1n) is 8.99. The number of esters is 1. The number of carbonyl (C=O) groups is 1. The molecule has 2 aliphatic heterocycles. The number of fused-ring (bicyclic) bond motifs is 1. The number of nitrogens with zero attached hydrogens (tertiary/aromatic N) is 2. The van der Waals surface area contributed by atoms with E-state index in [9.17, 15) is 18.0 Å². The lowest BCUT2D eigenvalue weighted by Crippen LogP contribution is -2.42. The smallest absolute Gasteiger partial charge is 0.393 e. The maximum absolute atomic E-state index is 13.1. The van der Waals surface area contributed by atoms with Gasteiger partial charge < -0.3 is 14.4 Å². The topological polar surface area (TPSA) is 51.7 Å². The van der Waals surface area contributed by atoms with E-state index in [1.165, 1.54) is 0 Å². The standard InChI is InChI=1S/C18H23F3N2O3/c1-2-26-17(24)14-10-16(22-15-6-9-25-8-5-13(14)15)23-7-3-4-12(11-23)18(19,20)21/h10,12H,2-9,11H2,1H3/t12-/m1/s1. The number of anilines is 1. The van der Waals surface area contributed by atoms with Crippen molar-refractivity contribution in [3.8, 4) is 0 Å². The average molecular weight is 372 g/mol. The van der Waals surface area contributed by atoms with Gasteiger partial charge in [-0.05, 0) is 37.8 Å². The summed E-state index contributed by atoms with van der Waals surface area (Å²) in [6.45, 7) is 3.30. The molecule has 1 aromatic heterocycles. The molecule has 0 bridgehead atoms. The fraction of sp³-hybridized carbons (Fsp3) is 0.667. The first-order valence-corrected chi connectivity index (χ1v) is 8.99. The van der Waals surface area contributed by atoms with E-state index in [0.29, 0.717) is 50.4 Å². The van der Waals surface area contributed by atoms with Gasteiger partial charge in [-0.2, -0.15) is 13.2 Å². The van der Waals surface area contributed by atoms with Crippen LogP contribution in [0.3, 0.4) is 0 Å². The third-order valence-electron chi connectivity index (χ3n) is 4.88. The molecule has 26 heavy (non-hydrogen) atoms. The monoisotopic (exact) mass is 372 g/mol. The molecule has 144 valence electrons. The maximum atomic E-state index is 13.1. The fourth-order valence-corrected chi connectivity index (χ4v) is 3.55. The number of ether oxygens (including phenoxy) is 2. The summed E-state index contributed by atoms with van der Waals surface area (Å²) in [6.07, 6.45) is -2.57. The number of rotatable bonds is 3. The number of alkyl halides is 3. The van der Waals surface area contributed by atoms with E-state index in [1.807, 2.05) is 0 Å². The van der Waals surface area contributed by atoms with Crippen molar-refractivity contribution in [2.75, 3.05) is 37.8 Å². The molecule has 0 amide bonds. The number of carbonyl (C=O) groups excluding carboxylic acids is 1. The van der Waals surface area contributed by atoms with Gasteiger partial charge in [0, 0.05) is 25.2 Å². The SMILES string of the molecule is CCOC(=O)c1cc(N2CCC[C@@H](C(F)(F)F)C2)nc2c1CCOCC2. The van der Waals surface area contributed by atoms with Crippen molar-refractivity contribution in [3.05, 3.63) is 22.9 Å². The second-order valence-corrected chi connectivity index (χ2v) is 6.61. The lowest BCUT2D eigenvalue weighted by Gasteiger charge is -2.35. The number of halogens is 3. The maximum Gasteiger partial charge on any atom is 0.393 e. The Morgan fingerprint density at radius 2 is 2.15 bits per heavy atom. The Morgan fingerprint density at radius 3 is 2.88 bits per heavy atom. The summed E-state index contributed by atoms with van der Waals surface area (Å²) in [5.74, 6) is -1.41. The molecule has 5 nitrogen and oxygen atoms in total. The Kier molecular flexibility index (Phi) is 5.70. The summed E-state index contributed by atoms with van der Waals surface area (Å²) in [5.41, 5.74) is 1.90. The molecule has 0 aromatic carbocycles. The minimum absolute atomic E-state index is 0.128. The van der Waals surface area contributed by atoms with E-state index in [0.717, 1.165) is 11.3 Å². The van der Waals surface area contributed by atoms with Crippen LogP contribution in [0.5, 0.6) is 0 Å². The zero-order valence-electron chi connectivity index (χ0n) is 14.8. The van der Waals surface area contributed by atoms with E-state index in [2.05, 4.69) is 4.98 Å². The van der Waals surface area contributed by atoms with Crippen LogP contribution in [0.2, 0.25) is 0 Å². The summed E-state index contributed by atoms with van der Waals surface area (Å²) < 4.78 is 50.0. The van der Waals surface area contributed by atoms with Gasteiger partial charge in [0.1, 0.15) is 5.82 Å². The minimum Gasteiger partial charge on any atom is -0.462 e. The summed E-state index contributed by atoms with van der Waals surface area (Å²) in [7, 11) is 0. The molecule has 0 N–H and O–H groups in total. The highest BCUT2D eigenvalue weighted by atomic mass is 19.4. The molecule has 3 rings (SSSR count). The highest BCUT2D eigenvalue weighted by Gasteiger charge is 2.42. The second-order valence-electron chi connectivity index (χ2n) is 6.61. The molecule has 1 fully saturated rings. The molecule has 0 radical (unpaired) electrons. The molecule has 0 unspecified atom stereocenters. The number of hydrogen-bond donors (Lipinski definition) is 0. The van der Waals surface area contributed by atoms with Crippen molar-refractivity contribution in [2.45, 2.75) is 38.8 Å². The third-order valence-corrected chi connectivity index (χ3v) is 4.88. The first-order chi connectivity index (χ1) is 12.4. The number of aromatic nitrogens is 1. The normalized spacial score (nSPS) is 21.1. The molecular weight excluding hydrogens is 349 g/mol. The van der Waals surface area contributed by atoms with Gasteiger partial charge in [-0.1, -0.05) is 0 Å². The molecule has 2 aliphatic rings. The van der Waals surface area contributed by atoms with Crippen molar-refractivity contribution in [2.24, 2.45) is 5.92 Å². The zero-order chi connectivity index (χ0) is 18.7. The predicted molar refractivity (Wildman–Crippen MR) is 89.4 cm³/mol. The van der Waals surface area contributed by atoms with Crippen molar-refractivity contribution >= 4 is 11.8 Å². The van der Waals surface area contributed by atoms with Gasteiger partial charge in [-0.15, -0.1) is 0 Å². The van der Waals surface area contributed by atoms with E-state index < -0.39 is 18.1 Å². The predicted octanol–water partition coefficient (Wildman–Crippen LogP) is 3.15. The van der Waals surface area contributed by atoms with Crippen LogP contribution in [0.25, 0.3) is 0 Å². The average Bonchev–Trinajstić information content (AvgIpc) is 2.86. The molecule has 1 saturated heterocycles. The van der Waals surface area contributed by atoms with Crippen molar-refractivity contribution in [1.29, 1.82) is 0 Å². The van der Waals surface area contributed by atoms with Gasteiger partial charge in [0.05, 0.1) is 31.3 Å². The van der Waals surface area contributed by atoms with Crippen molar-refractivity contribution in [1.82, 2.24) is 4.98 Å². The van der Waals surface area contributed by atoms with Gasteiger partial charge in [-0.25, -0.2) is 9.78 Å². The lowest BCUT2D eigenvalue weighted by molar-refractivity contribution is -0.176. The summed E-state index contributed by atoms with van der Waals surface area (Å²) in [5, 5.41) is 0. The van der Waals surface area contributed by atoms with Gasteiger partial charge in [0.2, 0.25) is 0 Å². The lowest BCUT2D eigenvalue weighted by atomic mass is 9.96. The van der Waals surface area contributed by atoms with Crippen LogP contribution in [0, 0.1) is 5.92 Å².